The molecule has 2 heterocycles. The van der Waals surface area contributed by atoms with Crippen LogP contribution in [0.2, 0.25) is 0 Å². The van der Waals surface area contributed by atoms with Gasteiger partial charge in [0.05, 0.1) is 0 Å². The van der Waals surface area contributed by atoms with E-state index in [-0.39, 0.29) is 11.8 Å². The van der Waals surface area contributed by atoms with Crippen molar-refractivity contribution in [2.24, 2.45) is 0 Å². The largest absolute Gasteiger partial charge is 0.326 e. The van der Waals surface area contributed by atoms with E-state index in [4.69, 9.17) is 0 Å². The topological polar surface area (TPSA) is 49.4 Å². The number of hydrogen-bond acceptors (Lipinski definition) is 3. The Bertz CT molecular complexity index is 650. The average molecular weight is 314 g/mol. The molecule has 0 aliphatic carbocycles. The molecule has 1 saturated heterocycles. The van der Waals surface area contributed by atoms with Crippen molar-refractivity contribution in [1.82, 2.24) is 0 Å². The Hall–Kier alpha value is -2.14. The van der Waals surface area contributed by atoms with Crippen LogP contribution < -0.4 is 10.2 Å². The molecule has 0 unspecified atom stereocenters. The van der Waals surface area contributed by atoms with Crippen LogP contribution in [-0.4, -0.2) is 18.4 Å². The van der Waals surface area contributed by atoms with Crippen molar-refractivity contribution < 1.29 is 9.59 Å². The van der Waals surface area contributed by atoms with Crippen LogP contribution >= 0.6 is 11.3 Å². The van der Waals surface area contributed by atoms with Gasteiger partial charge in [-0.15, -0.1) is 0 Å². The van der Waals surface area contributed by atoms with Gasteiger partial charge >= 0.3 is 0 Å². The van der Waals surface area contributed by atoms with E-state index in [1.165, 1.54) is 5.56 Å². The molecule has 0 spiro atoms. The summed E-state index contributed by atoms with van der Waals surface area (Å²) in [4.78, 5) is 25.4. The van der Waals surface area contributed by atoms with Gasteiger partial charge < -0.3 is 10.2 Å². The molecule has 5 heteroatoms. The van der Waals surface area contributed by atoms with E-state index in [0.29, 0.717) is 12.8 Å². The molecule has 0 bridgehead atoms. The second-order valence-electron chi connectivity index (χ2n) is 5.38. The van der Waals surface area contributed by atoms with Crippen LogP contribution in [-0.2, 0) is 16.0 Å². The van der Waals surface area contributed by atoms with E-state index in [0.717, 1.165) is 30.8 Å². The quantitative estimate of drug-likeness (QED) is 0.919. The van der Waals surface area contributed by atoms with E-state index in [9.17, 15) is 9.59 Å². The summed E-state index contributed by atoms with van der Waals surface area (Å²) in [5.74, 6) is 0.184. The molecule has 4 nitrogen and oxygen atoms in total. The molecule has 1 fully saturated rings. The van der Waals surface area contributed by atoms with E-state index in [1.54, 1.807) is 16.2 Å². The molecule has 0 radical (unpaired) electrons. The van der Waals surface area contributed by atoms with Crippen molar-refractivity contribution in [2.45, 2.75) is 25.7 Å². The first-order chi connectivity index (χ1) is 10.7. The van der Waals surface area contributed by atoms with E-state index < -0.39 is 0 Å². The zero-order valence-electron chi connectivity index (χ0n) is 12.2. The van der Waals surface area contributed by atoms with Gasteiger partial charge in [0.15, 0.2) is 0 Å². The van der Waals surface area contributed by atoms with Crippen molar-refractivity contribution in [3.05, 3.63) is 46.7 Å². The lowest BCUT2D eigenvalue weighted by atomic mass is 10.2. The third-order valence-corrected chi connectivity index (χ3v) is 4.49. The predicted octanol–water partition coefficient (Wildman–Crippen LogP) is 3.45. The van der Waals surface area contributed by atoms with Crippen molar-refractivity contribution in [1.29, 1.82) is 0 Å². The second-order valence-corrected chi connectivity index (χ2v) is 6.16. The van der Waals surface area contributed by atoms with Crippen molar-refractivity contribution >= 4 is 34.5 Å². The highest BCUT2D eigenvalue weighted by molar-refractivity contribution is 7.07. The summed E-state index contributed by atoms with van der Waals surface area (Å²) in [7, 11) is 0. The van der Waals surface area contributed by atoms with E-state index in [2.05, 4.69) is 10.7 Å². The monoisotopic (exact) mass is 314 g/mol. The van der Waals surface area contributed by atoms with Gasteiger partial charge in [-0.3, -0.25) is 9.59 Å². The number of anilines is 2. The summed E-state index contributed by atoms with van der Waals surface area (Å²) < 4.78 is 0. The van der Waals surface area contributed by atoms with Gasteiger partial charge in [-0.1, -0.05) is 0 Å². The Balaban J connectivity index is 1.54. The van der Waals surface area contributed by atoms with Crippen LogP contribution in [0.4, 0.5) is 11.4 Å². The standard InChI is InChI=1S/C17H18N2O2S/c20-16(8-3-13-9-11-22-12-13)18-14-4-6-15(7-5-14)19-10-1-2-17(19)21/h4-7,9,11-12H,1-3,8,10H2,(H,18,20). The number of nitrogens with one attached hydrogen (secondary N) is 1. The van der Waals surface area contributed by atoms with Gasteiger partial charge in [-0.25, -0.2) is 0 Å². The lowest BCUT2D eigenvalue weighted by molar-refractivity contribution is -0.117. The number of carbonyl (C=O) groups excluding carboxylic acids is 2. The molecular weight excluding hydrogens is 296 g/mol. The average Bonchev–Trinajstić information content (AvgIpc) is 3.17. The molecule has 3 rings (SSSR count). The van der Waals surface area contributed by atoms with Gasteiger partial charge in [-0.05, 0) is 59.5 Å². The van der Waals surface area contributed by atoms with Crippen molar-refractivity contribution in [3.63, 3.8) is 0 Å². The van der Waals surface area contributed by atoms with Crippen LogP contribution in [0, 0.1) is 0 Å². The molecule has 1 aliphatic heterocycles. The summed E-state index contributed by atoms with van der Waals surface area (Å²) in [6, 6.07) is 9.52. The third kappa shape index (κ3) is 3.54. The predicted molar refractivity (Wildman–Crippen MR) is 89.3 cm³/mol. The number of aryl methyl sites for hydroxylation is 1. The number of nitrogens with zero attached hydrogens (tertiary/aromatic N) is 1. The minimum atomic E-state index is 0.0104. The van der Waals surface area contributed by atoms with Gasteiger partial charge in [0.1, 0.15) is 0 Å². The lowest BCUT2D eigenvalue weighted by Gasteiger charge is -2.16. The fourth-order valence-corrected chi connectivity index (χ4v) is 3.27. The number of rotatable bonds is 5. The maximum absolute atomic E-state index is 11.9. The van der Waals surface area contributed by atoms with E-state index >= 15 is 0 Å². The maximum Gasteiger partial charge on any atom is 0.227 e. The van der Waals surface area contributed by atoms with Crippen LogP contribution in [0.5, 0.6) is 0 Å². The van der Waals surface area contributed by atoms with Crippen LogP contribution in [0.25, 0.3) is 0 Å². The summed E-state index contributed by atoms with van der Waals surface area (Å²) in [6.45, 7) is 0.783. The summed E-state index contributed by atoms with van der Waals surface area (Å²) in [5, 5.41) is 6.98. The second kappa shape index (κ2) is 6.75. The fourth-order valence-electron chi connectivity index (χ4n) is 2.56. The highest BCUT2D eigenvalue weighted by Crippen LogP contribution is 2.23. The Kier molecular flexibility index (Phi) is 4.53. The van der Waals surface area contributed by atoms with Crippen LogP contribution in [0.3, 0.4) is 0 Å². The molecule has 1 aromatic heterocycles. The van der Waals surface area contributed by atoms with Gasteiger partial charge in [0.25, 0.3) is 0 Å². The van der Waals surface area contributed by atoms with Gasteiger partial charge in [0.2, 0.25) is 11.8 Å². The number of amides is 2. The van der Waals surface area contributed by atoms with Crippen molar-refractivity contribution in [2.75, 3.05) is 16.8 Å². The molecule has 2 amide bonds. The molecular formula is C17H18N2O2S. The third-order valence-electron chi connectivity index (χ3n) is 3.76. The number of hydrogen-bond donors (Lipinski definition) is 1. The fraction of sp³-hybridized carbons (Fsp3) is 0.294. The zero-order valence-corrected chi connectivity index (χ0v) is 13.1. The van der Waals surface area contributed by atoms with Crippen LogP contribution in [0.15, 0.2) is 41.1 Å². The first kappa shape index (κ1) is 14.8. The summed E-state index contributed by atoms with van der Waals surface area (Å²) >= 11 is 1.65. The minimum absolute atomic E-state index is 0.0104. The normalized spacial score (nSPS) is 14.4. The minimum Gasteiger partial charge on any atom is -0.326 e. The molecule has 1 aromatic carbocycles. The highest BCUT2D eigenvalue weighted by atomic mass is 32.1. The molecule has 114 valence electrons. The summed E-state index contributed by atoms with van der Waals surface area (Å²) in [5.41, 5.74) is 2.87. The SMILES string of the molecule is O=C(CCc1ccsc1)Nc1ccc(N2CCCC2=O)cc1. The molecule has 0 saturated carbocycles. The Morgan fingerprint density at radius 2 is 2.05 bits per heavy atom. The Morgan fingerprint density at radius 1 is 1.23 bits per heavy atom. The Labute approximate surface area is 133 Å². The van der Waals surface area contributed by atoms with Crippen molar-refractivity contribution in [3.8, 4) is 0 Å². The number of carbonyl (C=O) groups is 2. The Morgan fingerprint density at radius 3 is 2.68 bits per heavy atom. The lowest BCUT2D eigenvalue weighted by Crippen LogP contribution is -2.23. The van der Waals surface area contributed by atoms with Gasteiger partial charge in [0, 0.05) is 30.8 Å². The molecule has 1 N–H and O–H groups in total. The number of benzene rings is 1. The molecule has 2 aromatic rings. The van der Waals surface area contributed by atoms with Gasteiger partial charge in [-0.2, -0.15) is 11.3 Å². The maximum atomic E-state index is 11.9. The molecule has 0 atom stereocenters. The van der Waals surface area contributed by atoms with E-state index in [1.807, 2.05) is 35.7 Å². The molecule has 1 aliphatic rings. The number of thiophene rings is 1. The highest BCUT2D eigenvalue weighted by Gasteiger charge is 2.21. The zero-order chi connectivity index (χ0) is 15.4. The smallest absolute Gasteiger partial charge is 0.227 e. The molecule has 22 heavy (non-hydrogen) atoms. The first-order valence-corrected chi connectivity index (χ1v) is 8.38. The summed E-state index contributed by atoms with van der Waals surface area (Å²) in [6.07, 6.45) is 2.78. The van der Waals surface area contributed by atoms with Crippen LogP contribution in [0.1, 0.15) is 24.8 Å². The first-order valence-electron chi connectivity index (χ1n) is 7.44.